The standard InChI is InChI=1S/C6H11FN2/c1-2-9-4-6(3-7)8-5-9/h5-6H,2-4H2,1H3. The molecule has 0 amide bonds. The molecule has 0 fully saturated rings. The molecule has 3 heteroatoms. The molecule has 1 rings (SSSR count). The van der Waals surface area contributed by atoms with Gasteiger partial charge in [-0.25, -0.2) is 4.39 Å². The summed E-state index contributed by atoms with van der Waals surface area (Å²) in [6.45, 7) is 3.40. The van der Waals surface area contributed by atoms with Crippen molar-refractivity contribution in [2.45, 2.75) is 13.0 Å². The highest BCUT2D eigenvalue weighted by atomic mass is 19.1. The first kappa shape index (κ1) is 6.52. The first-order valence-corrected chi connectivity index (χ1v) is 3.20. The lowest BCUT2D eigenvalue weighted by Crippen LogP contribution is -2.23. The average molecular weight is 130 g/mol. The highest BCUT2D eigenvalue weighted by molar-refractivity contribution is 5.57. The predicted molar refractivity (Wildman–Crippen MR) is 35.5 cm³/mol. The molecule has 0 bridgehead atoms. The van der Waals surface area contributed by atoms with Crippen LogP contribution in [-0.4, -0.2) is 37.0 Å². The van der Waals surface area contributed by atoms with E-state index < -0.39 is 0 Å². The van der Waals surface area contributed by atoms with Crippen molar-refractivity contribution in [2.24, 2.45) is 4.99 Å². The van der Waals surface area contributed by atoms with Gasteiger partial charge in [-0.05, 0) is 6.92 Å². The van der Waals surface area contributed by atoms with Gasteiger partial charge in [-0.2, -0.15) is 0 Å². The first-order valence-electron chi connectivity index (χ1n) is 3.20. The summed E-state index contributed by atoms with van der Waals surface area (Å²) in [6, 6.07) is -0.0926. The summed E-state index contributed by atoms with van der Waals surface area (Å²) < 4.78 is 11.9. The van der Waals surface area contributed by atoms with Crippen LogP contribution in [0.1, 0.15) is 6.92 Å². The molecule has 0 aromatic carbocycles. The Morgan fingerprint density at radius 1 is 1.89 bits per heavy atom. The van der Waals surface area contributed by atoms with Crippen molar-refractivity contribution in [1.29, 1.82) is 0 Å². The Balaban J connectivity index is 2.31. The monoisotopic (exact) mass is 130 g/mol. The second-order valence-electron chi connectivity index (χ2n) is 2.16. The van der Waals surface area contributed by atoms with Crippen molar-refractivity contribution in [1.82, 2.24) is 4.90 Å². The van der Waals surface area contributed by atoms with Crippen molar-refractivity contribution < 1.29 is 4.39 Å². The zero-order valence-corrected chi connectivity index (χ0v) is 5.55. The Bertz CT molecular complexity index is 102. The molecule has 0 spiro atoms. The van der Waals surface area contributed by atoms with Gasteiger partial charge in [0.1, 0.15) is 6.67 Å². The Morgan fingerprint density at radius 2 is 2.67 bits per heavy atom. The van der Waals surface area contributed by atoms with Crippen LogP contribution in [0.3, 0.4) is 0 Å². The summed E-state index contributed by atoms with van der Waals surface area (Å²) in [5.74, 6) is 0. The third-order valence-electron chi connectivity index (χ3n) is 1.47. The summed E-state index contributed by atoms with van der Waals surface area (Å²) in [5.41, 5.74) is 0. The number of aliphatic imine (C=N–C) groups is 1. The zero-order valence-electron chi connectivity index (χ0n) is 5.55. The molecule has 0 saturated carbocycles. The number of rotatable bonds is 2. The van der Waals surface area contributed by atoms with E-state index in [0.717, 1.165) is 13.1 Å². The molecule has 2 nitrogen and oxygen atoms in total. The van der Waals surface area contributed by atoms with Crippen LogP contribution < -0.4 is 0 Å². The molecule has 1 unspecified atom stereocenters. The lowest BCUT2D eigenvalue weighted by atomic mass is 10.3. The van der Waals surface area contributed by atoms with Gasteiger partial charge in [0.2, 0.25) is 0 Å². The van der Waals surface area contributed by atoms with E-state index in [2.05, 4.69) is 4.99 Å². The van der Waals surface area contributed by atoms with E-state index in [1.807, 2.05) is 11.8 Å². The largest absolute Gasteiger partial charge is 0.361 e. The highest BCUT2D eigenvalue weighted by Crippen LogP contribution is 2.02. The van der Waals surface area contributed by atoms with Gasteiger partial charge in [-0.3, -0.25) is 4.99 Å². The molecule has 0 aliphatic carbocycles. The predicted octanol–water partition coefficient (Wildman–Crippen LogP) is 0.688. The SMILES string of the molecule is CCN1C=NC(CF)C1. The normalized spacial score (nSPS) is 25.6. The van der Waals surface area contributed by atoms with E-state index >= 15 is 0 Å². The minimum atomic E-state index is -0.326. The van der Waals surface area contributed by atoms with Gasteiger partial charge in [0.05, 0.1) is 12.4 Å². The van der Waals surface area contributed by atoms with E-state index in [0.29, 0.717) is 0 Å². The van der Waals surface area contributed by atoms with Crippen LogP contribution >= 0.6 is 0 Å². The van der Waals surface area contributed by atoms with Gasteiger partial charge in [0.15, 0.2) is 0 Å². The molecule has 9 heavy (non-hydrogen) atoms. The highest BCUT2D eigenvalue weighted by Gasteiger charge is 2.14. The maximum absolute atomic E-state index is 11.9. The maximum Gasteiger partial charge on any atom is 0.114 e. The van der Waals surface area contributed by atoms with E-state index in [-0.39, 0.29) is 12.7 Å². The van der Waals surface area contributed by atoms with Crippen LogP contribution in [0, 0.1) is 0 Å². The van der Waals surface area contributed by atoms with Crippen LogP contribution in [0.4, 0.5) is 4.39 Å². The molecule has 1 aliphatic heterocycles. The minimum absolute atomic E-state index is 0.0926. The molecule has 1 aliphatic rings. The smallest absolute Gasteiger partial charge is 0.114 e. The number of hydrogen-bond donors (Lipinski definition) is 0. The van der Waals surface area contributed by atoms with Crippen molar-refractivity contribution >= 4 is 6.34 Å². The number of likely N-dealkylation sites (N-methyl/N-ethyl adjacent to an activating group) is 1. The van der Waals surface area contributed by atoms with E-state index in [9.17, 15) is 4.39 Å². The van der Waals surface area contributed by atoms with Gasteiger partial charge in [0, 0.05) is 13.1 Å². The lowest BCUT2D eigenvalue weighted by Gasteiger charge is -2.10. The number of hydrogen-bond acceptors (Lipinski definition) is 2. The van der Waals surface area contributed by atoms with Crippen LogP contribution in [0.2, 0.25) is 0 Å². The number of alkyl halides is 1. The van der Waals surface area contributed by atoms with Gasteiger partial charge in [-0.15, -0.1) is 0 Å². The van der Waals surface area contributed by atoms with Crippen molar-refractivity contribution in [3.8, 4) is 0 Å². The molecular formula is C6H11FN2. The van der Waals surface area contributed by atoms with Gasteiger partial charge < -0.3 is 4.90 Å². The zero-order chi connectivity index (χ0) is 6.69. The lowest BCUT2D eigenvalue weighted by molar-refractivity contribution is 0.381. The van der Waals surface area contributed by atoms with Crippen LogP contribution in [0.25, 0.3) is 0 Å². The van der Waals surface area contributed by atoms with Crippen molar-refractivity contribution in [3.05, 3.63) is 0 Å². The fourth-order valence-corrected chi connectivity index (χ4v) is 0.853. The van der Waals surface area contributed by atoms with Gasteiger partial charge >= 0.3 is 0 Å². The molecular weight excluding hydrogens is 119 g/mol. The number of halogens is 1. The molecule has 0 aromatic rings. The van der Waals surface area contributed by atoms with Gasteiger partial charge in [0.25, 0.3) is 0 Å². The minimum Gasteiger partial charge on any atom is -0.361 e. The molecule has 0 radical (unpaired) electrons. The van der Waals surface area contributed by atoms with Crippen LogP contribution in [0.15, 0.2) is 4.99 Å². The third-order valence-corrected chi connectivity index (χ3v) is 1.47. The molecule has 1 atom stereocenters. The fourth-order valence-electron chi connectivity index (χ4n) is 0.853. The van der Waals surface area contributed by atoms with Crippen molar-refractivity contribution in [2.75, 3.05) is 19.8 Å². The van der Waals surface area contributed by atoms with E-state index in [4.69, 9.17) is 0 Å². The Morgan fingerprint density at radius 3 is 3.00 bits per heavy atom. The first-order chi connectivity index (χ1) is 4.36. The summed E-state index contributed by atoms with van der Waals surface area (Å²) in [5, 5.41) is 0. The summed E-state index contributed by atoms with van der Waals surface area (Å²) in [4.78, 5) is 5.94. The summed E-state index contributed by atoms with van der Waals surface area (Å²) in [6.07, 6.45) is 1.73. The summed E-state index contributed by atoms with van der Waals surface area (Å²) >= 11 is 0. The maximum atomic E-state index is 11.9. The molecule has 52 valence electrons. The number of nitrogens with zero attached hydrogens (tertiary/aromatic N) is 2. The van der Waals surface area contributed by atoms with E-state index in [1.54, 1.807) is 6.34 Å². The quantitative estimate of drug-likeness (QED) is 0.537. The Kier molecular flexibility index (Phi) is 2.03. The Labute approximate surface area is 54.4 Å². The van der Waals surface area contributed by atoms with Gasteiger partial charge in [-0.1, -0.05) is 0 Å². The molecule has 1 heterocycles. The van der Waals surface area contributed by atoms with Crippen LogP contribution in [-0.2, 0) is 0 Å². The molecule has 0 aromatic heterocycles. The molecule has 0 N–H and O–H groups in total. The van der Waals surface area contributed by atoms with Crippen molar-refractivity contribution in [3.63, 3.8) is 0 Å². The second kappa shape index (κ2) is 2.80. The molecule has 0 saturated heterocycles. The third kappa shape index (κ3) is 1.40. The summed E-state index contributed by atoms with van der Waals surface area (Å²) in [7, 11) is 0. The van der Waals surface area contributed by atoms with E-state index in [1.165, 1.54) is 0 Å². The Hall–Kier alpha value is -0.600. The second-order valence-corrected chi connectivity index (χ2v) is 2.16. The average Bonchev–Trinajstić information content (AvgIpc) is 2.34. The topological polar surface area (TPSA) is 15.6 Å². The van der Waals surface area contributed by atoms with Crippen LogP contribution in [0.5, 0.6) is 0 Å². The fraction of sp³-hybridized carbons (Fsp3) is 0.833.